The minimum atomic E-state index is 0.0470. The topological polar surface area (TPSA) is 52.7 Å². The summed E-state index contributed by atoms with van der Waals surface area (Å²) in [5.74, 6) is 0.215. The van der Waals surface area contributed by atoms with Gasteiger partial charge in [0.25, 0.3) is 0 Å². The summed E-state index contributed by atoms with van der Waals surface area (Å²) in [5.41, 5.74) is 1.08. The fourth-order valence-electron chi connectivity index (χ4n) is 2.83. The minimum absolute atomic E-state index is 0.0470. The van der Waals surface area contributed by atoms with E-state index in [1.165, 1.54) is 0 Å². The molecule has 1 saturated heterocycles. The van der Waals surface area contributed by atoms with Crippen molar-refractivity contribution in [3.8, 4) is 0 Å². The Hall–Kier alpha value is -1.59. The van der Waals surface area contributed by atoms with Crippen molar-refractivity contribution in [3.63, 3.8) is 0 Å². The molecule has 0 unspecified atom stereocenters. The summed E-state index contributed by atoms with van der Waals surface area (Å²) in [6, 6.07) is 7.79. The second-order valence-corrected chi connectivity index (χ2v) is 6.95. The Morgan fingerprint density at radius 1 is 1.21 bits per heavy atom. The van der Waals surface area contributed by atoms with Gasteiger partial charge in [0.05, 0.1) is 6.54 Å². The van der Waals surface area contributed by atoms with Gasteiger partial charge in [0.2, 0.25) is 11.8 Å². The second kappa shape index (κ2) is 9.04. The Labute approximate surface area is 149 Å². The zero-order valence-electron chi connectivity index (χ0n) is 14.4. The summed E-state index contributed by atoms with van der Waals surface area (Å²) in [6.45, 7) is 7.17. The number of carbonyl (C=O) groups excluding carboxylic acids is 2. The number of amides is 2. The van der Waals surface area contributed by atoms with E-state index in [0.29, 0.717) is 37.5 Å². The van der Waals surface area contributed by atoms with E-state index < -0.39 is 0 Å². The number of rotatable bonds is 6. The van der Waals surface area contributed by atoms with E-state index >= 15 is 0 Å². The first-order valence-corrected chi connectivity index (χ1v) is 8.86. The largest absolute Gasteiger partial charge is 0.353 e. The van der Waals surface area contributed by atoms with E-state index in [9.17, 15) is 9.59 Å². The van der Waals surface area contributed by atoms with Crippen molar-refractivity contribution in [1.82, 2.24) is 15.1 Å². The Kier molecular flexibility index (Phi) is 7.06. The van der Waals surface area contributed by atoms with Crippen LogP contribution in [-0.2, 0) is 16.0 Å². The summed E-state index contributed by atoms with van der Waals surface area (Å²) in [4.78, 5) is 28.1. The fraction of sp³-hybridized carbons (Fsp3) is 0.556. The number of hydrogen-bond acceptors (Lipinski definition) is 3. The van der Waals surface area contributed by atoms with E-state index in [-0.39, 0.29) is 17.9 Å². The second-order valence-electron chi connectivity index (χ2n) is 6.51. The van der Waals surface area contributed by atoms with Gasteiger partial charge in [0.15, 0.2) is 0 Å². The molecule has 24 heavy (non-hydrogen) atoms. The summed E-state index contributed by atoms with van der Waals surface area (Å²) in [6.07, 6.45) is 1.20. The van der Waals surface area contributed by atoms with Gasteiger partial charge in [-0.25, -0.2) is 0 Å². The van der Waals surface area contributed by atoms with E-state index in [4.69, 9.17) is 11.6 Å². The molecule has 0 spiro atoms. The van der Waals surface area contributed by atoms with Crippen LogP contribution >= 0.6 is 11.6 Å². The Balaban J connectivity index is 1.71. The molecule has 0 aromatic heterocycles. The van der Waals surface area contributed by atoms with Crippen LogP contribution < -0.4 is 5.32 Å². The average molecular weight is 352 g/mol. The molecule has 0 atom stereocenters. The van der Waals surface area contributed by atoms with Crippen molar-refractivity contribution in [2.75, 3.05) is 32.7 Å². The molecule has 1 aliphatic heterocycles. The molecule has 2 rings (SSSR count). The van der Waals surface area contributed by atoms with Gasteiger partial charge in [-0.15, -0.1) is 0 Å². The summed E-state index contributed by atoms with van der Waals surface area (Å²) >= 11 is 5.96. The van der Waals surface area contributed by atoms with Gasteiger partial charge in [0, 0.05) is 43.7 Å². The number of hydrogen-bond donors (Lipinski definition) is 1. The van der Waals surface area contributed by atoms with Gasteiger partial charge >= 0.3 is 0 Å². The highest BCUT2D eigenvalue weighted by atomic mass is 35.5. The molecule has 0 radical (unpaired) electrons. The SMILES string of the molecule is CC(C)NC(=O)CN1CCN(C(=O)CCc2cccc(Cl)c2)CC1. The van der Waals surface area contributed by atoms with Crippen molar-refractivity contribution in [1.29, 1.82) is 0 Å². The first-order chi connectivity index (χ1) is 11.4. The maximum absolute atomic E-state index is 12.3. The molecule has 1 aromatic carbocycles. The van der Waals surface area contributed by atoms with E-state index in [2.05, 4.69) is 10.2 Å². The van der Waals surface area contributed by atoms with Gasteiger partial charge in [-0.2, -0.15) is 0 Å². The molecule has 1 N–H and O–H groups in total. The average Bonchev–Trinajstić information content (AvgIpc) is 2.52. The number of nitrogens with one attached hydrogen (secondary N) is 1. The van der Waals surface area contributed by atoms with E-state index in [0.717, 1.165) is 18.7 Å². The van der Waals surface area contributed by atoms with Crippen LogP contribution in [-0.4, -0.2) is 60.4 Å². The molecule has 6 heteroatoms. The Morgan fingerprint density at radius 3 is 2.54 bits per heavy atom. The third kappa shape index (κ3) is 6.13. The summed E-state index contributed by atoms with van der Waals surface area (Å²) < 4.78 is 0. The van der Waals surface area contributed by atoms with Gasteiger partial charge < -0.3 is 10.2 Å². The van der Waals surface area contributed by atoms with Gasteiger partial charge in [-0.05, 0) is 38.0 Å². The minimum Gasteiger partial charge on any atom is -0.353 e. The van der Waals surface area contributed by atoms with Crippen LogP contribution in [0.2, 0.25) is 5.02 Å². The molecular formula is C18H26ClN3O2. The predicted octanol–water partition coefficient (Wildman–Crippen LogP) is 1.94. The number of piperazine rings is 1. The number of carbonyl (C=O) groups is 2. The van der Waals surface area contributed by atoms with Crippen molar-refractivity contribution in [2.45, 2.75) is 32.7 Å². The predicted molar refractivity (Wildman–Crippen MR) is 96.1 cm³/mol. The molecule has 1 aliphatic rings. The van der Waals surface area contributed by atoms with Crippen LogP contribution in [0.3, 0.4) is 0 Å². The Bertz CT molecular complexity index is 569. The van der Waals surface area contributed by atoms with Crippen LogP contribution in [0.15, 0.2) is 24.3 Å². The number of aryl methyl sites for hydroxylation is 1. The van der Waals surface area contributed by atoms with Crippen molar-refractivity contribution >= 4 is 23.4 Å². The lowest BCUT2D eigenvalue weighted by molar-refractivity contribution is -0.133. The van der Waals surface area contributed by atoms with Crippen molar-refractivity contribution < 1.29 is 9.59 Å². The van der Waals surface area contributed by atoms with Gasteiger partial charge in [-0.1, -0.05) is 23.7 Å². The molecule has 1 fully saturated rings. The third-order valence-corrected chi connectivity index (χ3v) is 4.29. The third-order valence-electron chi connectivity index (χ3n) is 4.06. The van der Waals surface area contributed by atoms with Crippen LogP contribution in [0.4, 0.5) is 0 Å². The number of halogens is 1. The van der Waals surface area contributed by atoms with Crippen LogP contribution in [0.5, 0.6) is 0 Å². The monoisotopic (exact) mass is 351 g/mol. The quantitative estimate of drug-likeness (QED) is 0.852. The maximum atomic E-state index is 12.3. The molecule has 132 valence electrons. The van der Waals surface area contributed by atoms with Gasteiger partial charge in [-0.3, -0.25) is 14.5 Å². The highest BCUT2D eigenvalue weighted by Crippen LogP contribution is 2.13. The fourth-order valence-corrected chi connectivity index (χ4v) is 3.04. The van der Waals surface area contributed by atoms with E-state index in [1.54, 1.807) is 0 Å². The maximum Gasteiger partial charge on any atom is 0.234 e. The summed E-state index contributed by atoms with van der Waals surface area (Å²) in [5, 5.41) is 3.60. The van der Waals surface area contributed by atoms with Crippen molar-refractivity contribution in [2.24, 2.45) is 0 Å². The molecule has 1 aromatic rings. The molecule has 0 saturated carbocycles. The zero-order valence-corrected chi connectivity index (χ0v) is 15.2. The molecule has 0 bridgehead atoms. The number of benzene rings is 1. The molecule has 5 nitrogen and oxygen atoms in total. The standard InChI is InChI=1S/C18H26ClN3O2/c1-14(2)20-17(23)13-21-8-10-22(11-9-21)18(24)7-6-15-4-3-5-16(19)12-15/h3-5,12,14H,6-11,13H2,1-2H3,(H,20,23). The van der Waals surface area contributed by atoms with Gasteiger partial charge in [0.1, 0.15) is 0 Å². The molecule has 0 aliphatic carbocycles. The Morgan fingerprint density at radius 2 is 1.92 bits per heavy atom. The van der Waals surface area contributed by atoms with E-state index in [1.807, 2.05) is 43.0 Å². The lowest BCUT2D eigenvalue weighted by Crippen LogP contribution is -2.51. The van der Waals surface area contributed by atoms with Crippen LogP contribution in [0, 0.1) is 0 Å². The van der Waals surface area contributed by atoms with Crippen LogP contribution in [0.1, 0.15) is 25.8 Å². The highest BCUT2D eigenvalue weighted by molar-refractivity contribution is 6.30. The van der Waals surface area contributed by atoms with Crippen LogP contribution in [0.25, 0.3) is 0 Å². The smallest absolute Gasteiger partial charge is 0.234 e. The normalized spacial score (nSPS) is 15.6. The molecule has 2 amide bonds. The summed E-state index contributed by atoms with van der Waals surface area (Å²) in [7, 11) is 0. The molecular weight excluding hydrogens is 326 g/mol. The lowest BCUT2D eigenvalue weighted by Gasteiger charge is -2.34. The lowest BCUT2D eigenvalue weighted by atomic mass is 10.1. The van der Waals surface area contributed by atoms with Crippen molar-refractivity contribution in [3.05, 3.63) is 34.9 Å². The first-order valence-electron chi connectivity index (χ1n) is 8.48. The first kappa shape index (κ1) is 18.7. The number of nitrogens with zero attached hydrogens (tertiary/aromatic N) is 2. The zero-order chi connectivity index (χ0) is 17.5. The highest BCUT2D eigenvalue weighted by Gasteiger charge is 2.22. The molecule has 1 heterocycles.